The van der Waals surface area contributed by atoms with E-state index in [4.69, 9.17) is 4.74 Å². The van der Waals surface area contributed by atoms with Crippen LogP contribution in [0.5, 0.6) is 0 Å². The third-order valence-electron chi connectivity index (χ3n) is 3.34. The molecule has 0 saturated carbocycles. The molecule has 0 bridgehead atoms. The van der Waals surface area contributed by atoms with Crippen LogP contribution in [0, 0.1) is 0 Å². The zero-order valence-electron chi connectivity index (χ0n) is 12.0. The molecule has 0 atom stereocenters. The normalized spacial score (nSPS) is 13.0. The van der Waals surface area contributed by atoms with E-state index in [1.807, 2.05) is 0 Å². The maximum absolute atomic E-state index is 12.0. The van der Waals surface area contributed by atoms with Gasteiger partial charge in [-0.05, 0) is 38.2 Å². The van der Waals surface area contributed by atoms with E-state index in [2.05, 4.69) is 4.99 Å². The Morgan fingerprint density at radius 3 is 2.76 bits per heavy atom. The van der Waals surface area contributed by atoms with Gasteiger partial charge in [0, 0.05) is 11.9 Å². The van der Waals surface area contributed by atoms with Crippen molar-refractivity contribution >= 4 is 40.0 Å². The summed E-state index contributed by atoms with van der Waals surface area (Å²) < 4.78 is 4.71. The molecular formula is C14H16N2O4S. The standard InChI is InChI=1S/C14H16N2O4S/c1-3-20-14(19)12(18)16(2)13-11(15-8-17)9-6-4-5-7-10(9)21-13/h3-7H2,1-2H3. The van der Waals surface area contributed by atoms with Gasteiger partial charge in [-0.1, -0.05) is 0 Å². The predicted octanol–water partition coefficient (Wildman–Crippen LogP) is 2.12. The highest BCUT2D eigenvalue weighted by Crippen LogP contribution is 2.45. The summed E-state index contributed by atoms with van der Waals surface area (Å²) in [6.07, 6.45) is 5.37. The molecule has 1 aromatic heterocycles. The molecular weight excluding hydrogens is 292 g/mol. The van der Waals surface area contributed by atoms with Crippen molar-refractivity contribution in [1.82, 2.24) is 0 Å². The molecule has 0 N–H and O–H groups in total. The van der Waals surface area contributed by atoms with Crippen molar-refractivity contribution in [2.45, 2.75) is 32.6 Å². The van der Waals surface area contributed by atoms with Crippen LogP contribution in [0.15, 0.2) is 4.99 Å². The number of fused-ring (bicyclic) bond motifs is 1. The van der Waals surface area contributed by atoms with Crippen LogP contribution >= 0.6 is 11.3 Å². The van der Waals surface area contributed by atoms with Gasteiger partial charge in [0.25, 0.3) is 0 Å². The molecule has 0 aliphatic heterocycles. The summed E-state index contributed by atoms with van der Waals surface area (Å²) in [4.78, 5) is 40.3. The summed E-state index contributed by atoms with van der Waals surface area (Å²) in [6, 6.07) is 0. The van der Waals surface area contributed by atoms with Gasteiger partial charge in [-0.15, -0.1) is 11.3 Å². The number of aliphatic imine (C=N–C) groups is 1. The maximum Gasteiger partial charge on any atom is 0.397 e. The van der Waals surface area contributed by atoms with Crippen molar-refractivity contribution in [3.63, 3.8) is 0 Å². The summed E-state index contributed by atoms with van der Waals surface area (Å²) >= 11 is 1.40. The van der Waals surface area contributed by atoms with Gasteiger partial charge in [0.15, 0.2) is 0 Å². The van der Waals surface area contributed by atoms with E-state index in [-0.39, 0.29) is 6.61 Å². The van der Waals surface area contributed by atoms with Gasteiger partial charge < -0.3 is 4.74 Å². The minimum atomic E-state index is -0.910. The van der Waals surface area contributed by atoms with Gasteiger partial charge in [0.1, 0.15) is 10.7 Å². The van der Waals surface area contributed by atoms with E-state index >= 15 is 0 Å². The summed E-state index contributed by atoms with van der Waals surface area (Å²) in [5, 5.41) is 0.503. The largest absolute Gasteiger partial charge is 0.459 e. The number of aryl methyl sites for hydroxylation is 1. The first kappa shape index (κ1) is 15.4. The summed E-state index contributed by atoms with van der Waals surface area (Å²) in [6.45, 7) is 1.77. The van der Waals surface area contributed by atoms with Crippen molar-refractivity contribution < 1.29 is 19.1 Å². The lowest BCUT2D eigenvalue weighted by Gasteiger charge is -2.14. The fraction of sp³-hybridized carbons (Fsp3) is 0.500. The SMILES string of the molecule is CCOC(=O)C(=O)N(C)c1sc2c(c1N=C=O)CCCC2. The van der Waals surface area contributed by atoms with Crippen LogP contribution in [0.4, 0.5) is 10.7 Å². The molecule has 0 unspecified atom stereocenters. The Bertz CT molecular complexity index is 617. The molecule has 1 aromatic rings. The molecule has 0 fully saturated rings. The molecule has 0 radical (unpaired) electrons. The number of ether oxygens (including phenoxy) is 1. The number of hydrogen-bond acceptors (Lipinski definition) is 6. The zero-order valence-corrected chi connectivity index (χ0v) is 12.8. The number of likely N-dealkylation sites (N-methyl/N-ethyl adjacent to an activating group) is 1. The highest BCUT2D eigenvalue weighted by molar-refractivity contribution is 7.17. The van der Waals surface area contributed by atoms with Crippen molar-refractivity contribution in [2.24, 2.45) is 4.99 Å². The molecule has 7 heteroatoms. The monoisotopic (exact) mass is 308 g/mol. The van der Waals surface area contributed by atoms with E-state index in [9.17, 15) is 14.4 Å². The van der Waals surface area contributed by atoms with E-state index in [1.165, 1.54) is 29.4 Å². The minimum absolute atomic E-state index is 0.138. The molecule has 1 heterocycles. The molecule has 1 aliphatic rings. The Morgan fingerprint density at radius 1 is 1.38 bits per heavy atom. The Hall–Kier alpha value is -1.98. The molecule has 1 amide bonds. The van der Waals surface area contributed by atoms with Crippen molar-refractivity contribution in [3.8, 4) is 0 Å². The second-order valence-corrected chi connectivity index (χ2v) is 5.74. The molecule has 0 aromatic carbocycles. The fourth-order valence-corrected chi connectivity index (χ4v) is 3.63. The number of rotatable bonds is 3. The predicted molar refractivity (Wildman–Crippen MR) is 78.8 cm³/mol. The number of carbonyl (C=O) groups is 2. The van der Waals surface area contributed by atoms with Crippen LogP contribution < -0.4 is 4.90 Å². The van der Waals surface area contributed by atoms with Crippen molar-refractivity contribution in [3.05, 3.63) is 10.4 Å². The van der Waals surface area contributed by atoms with E-state index in [0.29, 0.717) is 10.7 Å². The van der Waals surface area contributed by atoms with Crippen LogP contribution in [-0.4, -0.2) is 31.6 Å². The van der Waals surface area contributed by atoms with Gasteiger partial charge in [0.05, 0.1) is 6.61 Å². The number of esters is 1. The molecule has 112 valence electrons. The van der Waals surface area contributed by atoms with Crippen LogP contribution in [0.25, 0.3) is 0 Å². The lowest BCUT2D eigenvalue weighted by Crippen LogP contribution is -2.34. The third kappa shape index (κ3) is 3.04. The Morgan fingerprint density at radius 2 is 2.10 bits per heavy atom. The molecule has 6 nitrogen and oxygen atoms in total. The lowest BCUT2D eigenvalue weighted by atomic mass is 9.98. The molecule has 0 spiro atoms. The number of amides is 1. The first-order valence-corrected chi connectivity index (χ1v) is 7.59. The number of nitrogens with zero attached hydrogens (tertiary/aromatic N) is 2. The number of isocyanates is 1. The van der Waals surface area contributed by atoms with Gasteiger partial charge in [-0.2, -0.15) is 4.99 Å². The van der Waals surface area contributed by atoms with Crippen LogP contribution in [0.3, 0.4) is 0 Å². The topological polar surface area (TPSA) is 76.0 Å². The van der Waals surface area contributed by atoms with Crippen molar-refractivity contribution in [1.29, 1.82) is 0 Å². The average Bonchev–Trinajstić information content (AvgIpc) is 2.85. The highest BCUT2D eigenvalue weighted by atomic mass is 32.1. The summed E-state index contributed by atoms with van der Waals surface area (Å²) in [5.41, 5.74) is 1.46. The quantitative estimate of drug-likeness (QED) is 0.371. The highest BCUT2D eigenvalue weighted by Gasteiger charge is 2.28. The molecule has 21 heavy (non-hydrogen) atoms. The second kappa shape index (κ2) is 6.65. The van der Waals surface area contributed by atoms with Crippen LogP contribution in [-0.2, 0) is 32.0 Å². The third-order valence-corrected chi connectivity index (χ3v) is 4.70. The van der Waals surface area contributed by atoms with Gasteiger partial charge >= 0.3 is 11.9 Å². The molecule has 1 aliphatic carbocycles. The molecule has 0 saturated heterocycles. The lowest BCUT2D eigenvalue weighted by molar-refractivity contribution is -0.153. The van der Waals surface area contributed by atoms with Gasteiger partial charge in [-0.3, -0.25) is 9.69 Å². The van der Waals surface area contributed by atoms with Gasteiger partial charge in [-0.25, -0.2) is 9.59 Å². The van der Waals surface area contributed by atoms with Gasteiger partial charge in [0.2, 0.25) is 6.08 Å². The average molecular weight is 308 g/mol. The fourth-order valence-electron chi connectivity index (χ4n) is 2.35. The number of hydrogen-bond donors (Lipinski definition) is 0. The minimum Gasteiger partial charge on any atom is -0.459 e. The Labute approximate surface area is 126 Å². The van der Waals surface area contributed by atoms with Crippen molar-refractivity contribution in [2.75, 3.05) is 18.6 Å². The van der Waals surface area contributed by atoms with Crippen LogP contribution in [0.2, 0.25) is 0 Å². The second-order valence-electron chi connectivity index (χ2n) is 4.65. The van der Waals surface area contributed by atoms with E-state index in [0.717, 1.165) is 36.1 Å². The molecule has 2 rings (SSSR count). The van der Waals surface area contributed by atoms with E-state index < -0.39 is 11.9 Å². The Balaban J connectivity index is 2.38. The first-order valence-electron chi connectivity index (χ1n) is 6.77. The summed E-state index contributed by atoms with van der Waals surface area (Å²) in [5.74, 6) is -1.68. The number of anilines is 1. The smallest absolute Gasteiger partial charge is 0.397 e. The summed E-state index contributed by atoms with van der Waals surface area (Å²) in [7, 11) is 1.49. The first-order chi connectivity index (χ1) is 10.1. The zero-order chi connectivity index (χ0) is 15.4. The van der Waals surface area contributed by atoms with Crippen LogP contribution in [0.1, 0.15) is 30.2 Å². The Kier molecular flexibility index (Phi) is 4.88. The number of thiophene rings is 1. The number of carbonyl (C=O) groups excluding carboxylic acids is 3. The van der Waals surface area contributed by atoms with E-state index in [1.54, 1.807) is 6.92 Å². The maximum atomic E-state index is 12.0.